The van der Waals surface area contributed by atoms with Crippen molar-refractivity contribution in [1.29, 1.82) is 5.26 Å². The molecule has 0 aliphatic carbocycles. The first-order chi connectivity index (χ1) is 10.1. The average Bonchev–Trinajstić information content (AvgIpc) is 2.48. The molecule has 0 fully saturated rings. The molecule has 0 saturated heterocycles. The number of amides is 1. The number of benzene rings is 1. The molecule has 106 valence electrons. The molecule has 1 amide bonds. The molecule has 0 spiro atoms. The quantitative estimate of drug-likeness (QED) is 0.843. The van der Waals surface area contributed by atoms with E-state index in [1.807, 2.05) is 6.07 Å². The summed E-state index contributed by atoms with van der Waals surface area (Å²) in [6, 6.07) is 7.01. The highest BCUT2D eigenvalue weighted by atomic mass is 79.9. The van der Waals surface area contributed by atoms with Gasteiger partial charge in [0.1, 0.15) is 11.6 Å². The molecule has 6 nitrogen and oxygen atoms in total. The van der Waals surface area contributed by atoms with Crippen molar-refractivity contribution in [2.24, 2.45) is 0 Å². The number of nitriles is 1. The Morgan fingerprint density at radius 2 is 2.29 bits per heavy atom. The summed E-state index contributed by atoms with van der Waals surface area (Å²) in [5.41, 5.74) is 0.801. The molecule has 21 heavy (non-hydrogen) atoms. The first-order valence-electron chi connectivity index (χ1n) is 5.63. The van der Waals surface area contributed by atoms with E-state index in [0.717, 1.165) is 0 Å². The Balaban J connectivity index is 2.38. The van der Waals surface area contributed by atoms with Crippen molar-refractivity contribution in [3.8, 4) is 11.9 Å². The van der Waals surface area contributed by atoms with Crippen LogP contribution in [0.3, 0.4) is 0 Å². The molecule has 1 N–H and O–H groups in total. The number of ether oxygens (including phenoxy) is 1. The second-order valence-electron chi connectivity index (χ2n) is 3.79. The molecule has 1 heterocycles. The summed E-state index contributed by atoms with van der Waals surface area (Å²) in [7, 11) is 1.37. The van der Waals surface area contributed by atoms with Gasteiger partial charge in [-0.3, -0.25) is 4.79 Å². The first kappa shape index (κ1) is 15.2. The Labute approximate surface area is 133 Å². The topological polar surface area (TPSA) is 87.9 Å². The highest BCUT2D eigenvalue weighted by molar-refractivity contribution is 9.10. The fourth-order valence-corrected chi connectivity index (χ4v) is 2.17. The van der Waals surface area contributed by atoms with Gasteiger partial charge in [0.05, 0.1) is 18.4 Å². The van der Waals surface area contributed by atoms with E-state index >= 15 is 0 Å². The normalized spacial score (nSPS) is 9.81. The van der Waals surface area contributed by atoms with Gasteiger partial charge in [0.2, 0.25) is 11.2 Å². The third-order valence-corrected chi connectivity index (χ3v) is 3.38. The third kappa shape index (κ3) is 3.29. The lowest BCUT2D eigenvalue weighted by Gasteiger charge is -2.10. The minimum absolute atomic E-state index is 0.0259. The van der Waals surface area contributed by atoms with Crippen LogP contribution in [0.1, 0.15) is 15.9 Å². The summed E-state index contributed by atoms with van der Waals surface area (Å²) in [5, 5.41) is 11.7. The Hall–Kier alpha value is -2.17. The monoisotopic (exact) mass is 366 g/mol. The summed E-state index contributed by atoms with van der Waals surface area (Å²) in [6.07, 6.45) is 1.26. The van der Waals surface area contributed by atoms with Gasteiger partial charge in [0.25, 0.3) is 5.91 Å². The van der Waals surface area contributed by atoms with Gasteiger partial charge in [-0.25, -0.2) is 4.98 Å². The number of anilines is 1. The Morgan fingerprint density at radius 1 is 1.52 bits per heavy atom. The molecular weight excluding hydrogens is 360 g/mol. The van der Waals surface area contributed by atoms with Crippen LogP contribution in [0.5, 0.6) is 5.88 Å². The van der Waals surface area contributed by atoms with E-state index < -0.39 is 5.91 Å². The number of carbonyl (C=O) groups is 1. The zero-order chi connectivity index (χ0) is 15.4. The number of hydrogen-bond donors (Lipinski definition) is 1. The molecule has 1 aromatic heterocycles. The van der Waals surface area contributed by atoms with Crippen LogP contribution < -0.4 is 10.1 Å². The van der Waals surface area contributed by atoms with E-state index in [2.05, 4.69) is 31.2 Å². The van der Waals surface area contributed by atoms with E-state index in [0.29, 0.717) is 15.7 Å². The Morgan fingerprint density at radius 3 is 2.95 bits per heavy atom. The highest BCUT2D eigenvalue weighted by Gasteiger charge is 2.17. The number of nitrogens with one attached hydrogen (secondary N) is 1. The summed E-state index contributed by atoms with van der Waals surface area (Å²) in [4.78, 5) is 19.8. The Bertz CT molecular complexity index is 745. The molecule has 8 heteroatoms. The van der Waals surface area contributed by atoms with Crippen LogP contribution in [0.2, 0.25) is 5.28 Å². The maximum Gasteiger partial charge on any atom is 0.262 e. The van der Waals surface area contributed by atoms with Crippen molar-refractivity contribution >= 4 is 39.1 Å². The van der Waals surface area contributed by atoms with Crippen molar-refractivity contribution in [2.45, 2.75) is 0 Å². The summed E-state index contributed by atoms with van der Waals surface area (Å²) >= 11 is 8.94. The van der Waals surface area contributed by atoms with Crippen LogP contribution in [0.25, 0.3) is 0 Å². The van der Waals surface area contributed by atoms with Crippen LogP contribution in [-0.4, -0.2) is 23.0 Å². The zero-order valence-electron chi connectivity index (χ0n) is 10.7. The van der Waals surface area contributed by atoms with E-state index in [9.17, 15) is 4.79 Å². The maximum atomic E-state index is 12.3. The van der Waals surface area contributed by atoms with Crippen molar-refractivity contribution in [1.82, 2.24) is 9.97 Å². The summed E-state index contributed by atoms with van der Waals surface area (Å²) in [5.74, 6) is -0.454. The van der Waals surface area contributed by atoms with Crippen LogP contribution >= 0.6 is 27.5 Å². The second kappa shape index (κ2) is 6.52. The van der Waals surface area contributed by atoms with Gasteiger partial charge < -0.3 is 10.1 Å². The van der Waals surface area contributed by atoms with Gasteiger partial charge in [-0.15, -0.1) is 0 Å². The third-order valence-electron chi connectivity index (χ3n) is 2.53. The van der Waals surface area contributed by atoms with Gasteiger partial charge in [-0.1, -0.05) is 6.07 Å². The number of halogens is 2. The lowest BCUT2D eigenvalue weighted by atomic mass is 10.2. The van der Waals surface area contributed by atoms with Crippen LogP contribution in [0, 0.1) is 11.3 Å². The SMILES string of the molecule is COc1nc(Cl)ncc1C(=O)Nc1c(Br)cccc1C#N. The summed E-state index contributed by atoms with van der Waals surface area (Å²) in [6.45, 7) is 0. The van der Waals surface area contributed by atoms with E-state index in [1.54, 1.807) is 18.2 Å². The van der Waals surface area contributed by atoms with E-state index in [4.69, 9.17) is 21.6 Å². The zero-order valence-corrected chi connectivity index (χ0v) is 13.1. The number of hydrogen-bond acceptors (Lipinski definition) is 5. The van der Waals surface area contributed by atoms with Crippen LogP contribution in [0.15, 0.2) is 28.9 Å². The van der Waals surface area contributed by atoms with Gasteiger partial charge in [-0.2, -0.15) is 10.2 Å². The molecular formula is C13H8BrClN4O2. The smallest absolute Gasteiger partial charge is 0.262 e. The minimum atomic E-state index is -0.507. The van der Waals surface area contributed by atoms with Crippen LogP contribution in [-0.2, 0) is 0 Å². The fourth-order valence-electron chi connectivity index (χ4n) is 1.58. The van der Waals surface area contributed by atoms with Gasteiger partial charge >= 0.3 is 0 Å². The number of carbonyl (C=O) groups excluding carboxylic acids is 1. The first-order valence-corrected chi connectivity index (χ1v) is 6.80. The number of rotatable bonds is 3. The number of nitrogens with zero attached hydrogens (tertiary/aromatic N) is 3. The molecule has 2 rings (SSSR count). The molecule has 1 aromatic carbocycles. The average molecular weight is 368 g/mol. The predicted molar refractivity (Wildman–Crippen MR) is 80.4 cm³/mol. The molecule has 0 unspecified atom stereocenters. The molecule has 0 aliphatic rings. The molecule has 0 bridgehead atoms. The standard InChI is InChI=1S/C13H8BrClN4O2/c1-21-12-8(6-17-13(15)19-12)11(20)18-10-7(5-16)3-2-4-9(10)14/h2-4,6H,1H3,(H,18,20). The maximum absolute atomic E-state index is 12.3. The largest absolute Gasteiger partial charge is 0.480 e. The number of methoxy groups -OCH3 is 1. The van der Waals surface area contributed by atoms with E-state index in [1.165, 1.54) is 13.3 Å². The fraction of sp³-hybridized carbons (Fsp3) is 0.0769. The predicted octanol–water partition coefficient (Wildman–Crippen LogP) is 3.03. The lowest BCUT2D eigenvalue weighted by molar-refractivity contribution is 0.102. The van der Waals surface area contributed by atoms with Gasteiger partial charge in [-0.05, 0) is 39.7 Å². The lowest BCUT2D eigenvalue weighted by Crippen LogP contribution is -2.15. The van der Waals surface area contributed by atoms with Crippen molar-refractivity contribution in [3.05, 3.63) is 45.3 Å². The van der Waals surface area contributed by atoms with Crippen molar-refractivity contribution in [3.63, 3.8) is 0 Å². The second-order valence-corrected chi connectivity index (χ2v) is 4.98. The van der Waals surface area contributed by atoms with Gasteiger partial charge in [0, 0.05) is 10.7 Å². The minimum Gasteiger partial charge on any atom is -0.480 e. The van der Waals surface area contributed by atoms with Crippen LogP contribution in [0.4, 0.5) is 5.69 Å². The Kier molecular flexibility index (Phi) is 4.73. The highest BCUT2D eigenvalue weighted by Crippen LogP contribution is 2.27. The summed E-state index contributed by atoms with van der Waals surface area (Å²) < 4.78 is 5.59. The van der Waals surface area contributed by atoms with Gasteiger partial charge in [0.15, 0.2) is 0 Å². The molecule has 0 radical (unpaired) electrons. The van der Waals surface area contributed by atoms with Crippen molar-refractivity contribution < 1.29 is 9.53 Å². The van der Waals surface area contributed by atoms with E-state index in [-0.39, 0.29) is 16.7 Å². The molecule has 0 saturated carbocycles. The molecule has 0 atom stereocenters. The number of para-hydroxylation sites is 1. The molecule has 2 aromatic rings. The van der Waals surface area contributed by atoms with Crippen molar-refractivity contribution in [2.75, 3.05) is 12.4 Å². The number of aromatic nitrogens is 2. The molecule has 0 aliphatic heterocycles.